The van der Waals surface area contributed by atoms with Crippen molar-refractivity contribution in [3.05, 3.63) is 29.8 Å². The van der Waals surface area contributed by atoms with Gasteiger partial charge in [-0.1, -0.05) is 25.0 Å². The molecule has 1 fully saturated rings. The Bertz CT molecular complexity index is 495. The van der Waals surface area contributed by atoms with Crippen molar-refractivity contribution >= 4 is 6.03 Å². The number of ether oxygens (including phenoxy) is 1. The Morgan fingerprint density at radius 2 is 1.96 bits per heavy atom. The molecule has 1 aliphatic carbocycles. The molecule has 23 heavy (non-hydrogen) atoms. The predicted molar refractivity (Wildman–Crippen MR) is 90.7 cm³/mol. The molecule has 2 rings (SSSR count). The third-order valence-electron chi connectivity index (χ3n) is 4.51. The number of urea groups is 1. The number of hydrogen-bond donors (Lipinski definition) is 3. The SMILES string of the molecule is COc1ccc(CCC(C)NC(=O)NCC2(O)CCCC2)cc1. The monoisotopic (exact) mass is 320 g/mol. The Hall–Kier alpha value is -1.75. The van der Waals surface area contributed by atoms with E-state index >= 15 is 0 Å². The molecule has 0 heterocycles. The number of nitrogens with one attached hydrogen (secondary N) is 2. The molecular weight excluding hydrogens is 292 g/mol. The van der Waals surface area contributed by atoms with Crippen LogP contribution >= 0.6 is 0 Å². The second-order valence-corrected chi connectivity index (χ2v) is 6.55. The molecule has 0 bridgehead atoms. The lowest BCUT2D eigenvalue weighted by molar-refractivity contribution is 0.0500. The van der Waals surface area contributed by atoms with Crippen LogP contribution in [0.1, 0.15) is 44.6 Å². The van der Waals surface area contributed by atoms with Crippen LogP contribution in [0.2, 0.25) is 0 Å². The van der Waals surface area contributed by atoms with Crippen molar-refractivity contribution in [3.8, 4) is 5.75 Å². The molecular formula is C18H28N2O3. The largest absolute Gasteiger partial charge is 0.497 e. The van der Waals surface area contributed by atoms with Crippen molar-refractivity contribution < 1.29 is 14.6 Å². The maximum Gasteiger partial charge on any atom is 0.315 e. The average molecular weight is 320 g/mol. The van der Waals surface area contributed by atoms with Crippen molar-refractivity contribution in [2.75, 3.05) is 13.7 Å². The number of rotatable bonds is 7. The van der Waals surface area contributed by atoms with Gasteiger partial charge in [-0.05, 0) is 50.3 Å². The van der Waals surface area contributed by atoms with Crippen LogP contribution in [0.4, 0.5) is 4.79 Å². The number of carbonyl (C=O) groups is 1. The van der Waals surface area contributed by atoms with Gasteiger partial charge < -0.3 is 20.5 Å². The highest BCUT2D eigenvalue weighted by Crippen LogP contribution is 2.28. The smallest absolute Gasteiger partial charge is 0.315 e. The van der Waals surface area contributed by atoms with Gasteiger partial charge in [0.1, 0.15) is 5.75 Å². The fourth-order valence-corrected chi connectivity index (χ4v) is 2.98. The minimum atomic E-state index is -0.705. The molecule has 0 spiro atoms. The van der Waals surface area contributed by atoms with Crippen molar-refractivity contribution in [2.24, 2.45) is 0 Å². The number of amides is 2. The Morgan fingerprint density at radius 3 is 2.57 bits per heavy atom. The Kier molecular flexibility index (Phi) is 6.28. The molecule has 1 aromatic carbocycles. The zero-order valence-electron chi connectivity index (χ0n) is 14.1. The quantitative estimate of drug-likeness (QED) is 0.723. The molecule has 1 aliphatic rings. The number of benzene rings is 1. The lowest BCUT2D eigenvalue weighted by Gasteiger charge is -2.23. The molecule has 1 unspecified atom stereocenters. The summed E-state index contributed by atoms with van der Waals surface area (Å²) in [6.45, 7) is 2.33. The first-order valence-electron chi connectivity index (χ1n) is 8.40. The molecule has 5 nitrogen and oxygen atoms in total. The molecule has 1 aromatic rings. The highest BCUT2D eigenvalue weighted by Gasteiger charge is 2.31. The molecule has 3 N–H and O–H groups in total. The van der Waals surface area contributed by atoms with Crippen LogP contribution in [0.5, 0.6) is 5.75 Å². The van der Waals surface area contributed by atoms with E-state index in [1.165, 1.54) is 5.56 Å². The second-order valence-electron chi connectivity index (χ2n) is 6.55. The predicted octanol–water partition coefficient (Wildman–Crippen LogP) is 2.62. The van der Waals surface area contributed by atoms with E-state index in [1.54, 1.807) is 7.11 Å². The summed E-state index contributed by atoms with van der Waals surface area (Å²) in [5.74, 6) is 0.851. The van der Waals surface area contributed by atoms with E-state index in [0.29, 0.717) is 6.54 Å². The third-order valence-corrected chi connectivity index (χ3v) is 4.51. The number of methoxy groups -OCH3 is 1. The number of aryl methyl sites for hydroxylation is 1. The summed E-state index contributed by atoms with van der Waals surface area (Å²) in [5.41, 5.74) is 0.518. The van der Waals surface area contributed by atoms with Crippen LogP contribution in [-0.2, 0) is 6.42 Å². The van der Waals surface area contributed by atoms with E-state index in [0.717, 1.165) is 44.3 Å². The van der Waals surface area contributed by atoms with Crippen LogP contribution < -0.4 is 15.4 Å². The normalized spacial score (nSPS) is 17.5. The van der Waals surface area contributed by atoms with Gasteiger partial charge in [-0.2, -0.15) is 0 Å². The minimum absolute atomic E-state index is 0.0790. The van der Waals surface area contributed by atoms with E-state index in [2.05, 4.69) is 10.6 Å². The summed E-state index contributed by atoms with van der Waals surface area (Å²) in [6.07, 6.45) is 5.40. The fourth-order valence-electron chi connectivity index (χ4n) is 2.98. The Morgan fingerprint density at radius 1 is 1.30 bits per heavy atom. The molecule has 2 amide bonds. The summed E-state index contributed by atoms with van der Waals surface area (Å²) >= 11 is 0. The number of aliphatic hydroxyl groups is 1. The first kappa shape index (κ1) is 17.6. The Labute approximate surface area is 138 Å². The number of carbonyl (C=O) groups excluding carboxylic acids is 1. The molecule has 128 valence electrons. The van der Waals surface area contributed by atoms with Crippen LogP contribution in [0.3, 0.4) is 0 Å². The molecule has 5 heteroatoms. The summed E-state index contributed by atoms with van der Waals surface area (Å²) in [4.78, 5) is 11.9. The molecule has 0 radical (unpaired) electrons. The maximum absolute atomic E-state index is 11.9. The van der Waals surface area contributed by atoms with E-state index in [9.17, 15) is 9.90 Å². The highest BCUT2D eigenvalue weighted by molar-refractivity contribution is 5.74. The zero-order chi connectivity index (χ0) is 16.7. The van der Waals surface area contributed by atoms with Crippen LogP contribution in [-0.4, -0.2) is 36.4 Å². The van der Waals surface area contributed by atoms with Gasteiger partial charge in [-0.25, -0.2) is 4.79 Å². The van der Waals surface area contributed by atoms with Gasteiger partial charge in [0.15, 0.2) is 0 Å². The lowest BCUT2D eigenvalue weighted by Crippen LogP contribution is -2.47. The topological polar surface area (TPSA) is 70.6 Å². The van der Waals surface area contributed by atoms with E-state index in [4.69, 9.17) is 4.74 Å². The minimum Gasteiger partial charge on any atom is -0.497 e. The zero-order valence-corrected chi connectivity index (χ0v) is 14.1. The van der Waals surface area contributed by atoms with Crippen molar-refractivity contribution in [3.63, 3.8) is 0 Å². The van der Waals surface area contributed by atoms with Gasteiger partial charge in [0, 0.05) is 12.6 Å². The van der Waals surface area contributed by atoms with Crippen LogP contribution in [0.15, 0.2) is 24.3 Å². The third kappa shape index (κ3) is 5.75. The number of hydrogen-bond acceptors (Lipinski definition) is 3. The first-order valence-corrected chi connectivity index (χ1v) is 8.40. The summed E-state index contributed by atoms with van der Waals surface area (Å²) in [7, 11) is 1.65. The standard InChI is InChI=1S/C18H28N2O3/c1-14(5-6-15-7-9-16(23-2)10-8-15)20-17(21)19-13-18(22)11-3-4-12-18/h7-10,14,22H,3-6,11-13H2,1-2H3,(H2,19,20,21). The maximum atomic E-state index is 11.9. The summed E-state index contributed by atoms with van der Waals surface area (Å²) < 4.78 is 5.14. The molecule has 0 aliphatic heterocycles. The van der Waals surface area contributed by atoms with E-state index in [-0.39, 0.29) is 12.1 Å². The highest BCUT2D eigenvalue weighted by atomic mass is 16.5. The van der Waals surface area contributed by atoms with Gasteiger partial charge >= 0.3 is 6.03 Å². The van der Waals surface area contributed by atoms with Crippen LogP contribution in [0, 0.1) is 0 Å². The second kappa shape index (κ2) is 8.20. The fraction of sp³-hybridized carbons (Fsp3) is 0.611. The van der Waals surface area contributed by atoms with Crippen molar-refractivity contribution in [1.29, 1.82) is 0 Å². The molecule has 0 saturated heterocycles. The Balaban J connectivity index is 1.66. The first-order chi connectivity index (χ1) is 11.0. The lowest BCUT2D eigenvalue weighted by atomic mass is 10.0. The summed E-state index contributed by atoms with van der Waals surface area (Å²) in [6, 6.07) is 7.86. The van der Waals surface area contributed by atoms with Crippen molar-refractivity contribution in [1.82, 2.24) is 10.6 Å². The average Bonchev–Trinajstić information content (AvgIpc) is 2.99. The van der Waals surface area contributed by atoms with Gasteiger partial charge in [0.2, 0.25) is 0 Å². The summed E-state index contributed by atoms with van der Waals surface area (Å²) in [5, 5.41) is 15.9. The molecule has 1 saturated carbocycles. The molecule has 1 atom stereocenters. The van der Waals surface area contributed by atoms with Gasteiger partial charge in [0.05, 0.1) is 12.7 Å². The van der Waals surface area contributed by atoms with Gasteiger partial charge in [-0.3, -0.25) is 0 Å². The van der Waals surface area contributed by atoms with E-state index in [1.807, 2.05) is 31.2 Å². The van der Waals surface area contributed by atoms with Crippen molar-refractivity contribution in [2.45, 2.75) is 57.1 Å². The van der Waals surface area contributed by atoms with E-state index < -0.39 is 5.60 Å². The van der Waals surface area contributed by atoms with Gasteiger partial charge in [0.25, 0.3) is 0 Å². The van der Waals surface area contributed by atoms with Crippen LogP contribution in [0.25, 0.3) is 0 Å². The molecule has 0 aromatic heterocycles. The van der Waals surface area contributed by atoms with Gasteiger partial charge in [-0.15, -0.1) is 0 Å².